The molecule has 5 rings (SSSR count). The van der Waals surface area contributed by atoms with E-state index in [2.05, 4.69) is 25.5 Å². The van der Waals surface area contributed by atoms with Crippen LogP contribution in [0.4, 0.5) is 18.9 Å². The van der Waals surface area contributed by atoms with Gasteiger partial charge in [0.15, 0.2) is 16.6 Å². The fraction of sp³-hybridized carbons (Fsp3) is 0.417. The molecule has 0 radical (unpaired) electrons. The third kappa shape index (κ3) is 4.86. The van der Waals surface area contributed by atoms with Gasteiger partial charge in [-0.05, 0) is 62.8 Å². The maximum Gasteiger partial charge on any atom is 0.468 e. The van der Waals surface area contributed by atoms with E-state index >= 15 is 0 Å². The molecule has 1 aliphatic rings. The second-order valence-electron chi connectivity index (χ2n) is 8.73. The van der Waals surface area contributed by atoms with Crippen molar-refractivity contribution in [1.29, 1.82) is 0 Å². The second-order valence-corrected chi connectivity index (χ2v) is 9.80. The Balaban J connectivity index is 1.17. The molecule has 1 unspecified atom stereocenters. The average molecular weight is 503 g/mol. The maximum absolute atomic E-state index is 13.0. The van der Waals surface area contributed by atoms with Crippen LogP contribution < -0.4 is 5.32 Å². The fourth-order valence-electron chi connectivity index (χ4n) is 4.47. The molecule has 11 heteroatoms. The molecule has 0 aliphatic carbocycles. The van der Waals surface area contributed by atoms with E-state index in [1.54, 1.807) is 30.1 Å². The van der Waals surface area contributed by atoms with E-state index < -0.39 is 12.1 Å². The van der Waals surface area contributed by atoms with Crippen LogP contribution in [0.15, 0.2) is 40.0 Å². The van der Waals surface area contributed by atoms with Gasteiger partial charge in [-0.1, -0.05) is 11.8 Å². The van der Waals surface area contributed by atoms with Crippen LogP contribution in [-0.4, -0.2) is 37.0 Å². The lowest BCUT2D eigenvalue weighted by Gasteiger charge is -2.14. The molecule has 4 heterocycles. The van der Waals surface area contributed by atoms with Crippen LogP contribution in [0.3, 0.4) is 0 Å². The van der Waals surface area contributed by atoms with Crippen molar-refractivity contribution in [3.05, 3.63) is 47.6 Å². The summed E-state index contributed by atoms with van der Waals surface area (Å²) >= 11 is 1.68. The summed E-state index contributed by atoms with van der Waals surface area (Å²) in [5.74, 6) is 0.936. The summed E-state index contributed by atoms with van der Waals surface area (Å²) in [7, 11) is 1.96. The number of nitrogens with zero attached hydrogens (tertiary/aromatic N) is 5. The molecule has 0 amide bonds. The zero-order chi connectivity index (χ0) is 24.6. The number of fused-ring (bicyclic) bond motifs is 3. The first-order valence-corrected chi connectivity index (χ1v) is 12.5. The topological polar surface area (TPSA) is 81.7 Å². The van der Waals surface area contributed by atoms with Crippen molar-refractivity contribution >= 4 is 28.5 Å². The molecule has 1 aliphatic heterocycles. The molecule has 0 fully saturated rings. The third-order valence-corrected chi connectivity index (χ3v) is 7.47. The van der Waals surface area contributed by atoms with E-state index in [-0.39, 0.29) is 5.58 Å². The Morgan fingerprint density at radius 3 is 2.89 bits per heavy atom. The number of alkyl halides is 3. The van der Waals surface area contributed by atoms with Crippen LogP contribution in [0.1, 0.15) is 36.4 Å². The first-order chi connectivity index (χ1) is 16.8. The Hall–Kier alpha value is -3.08. The van der Waals surface area contributed by atoms with Gasteiger partial charge in [0.25, 0.3) is 0 Å². The minimum atomic E-state index is -4.59. The minimum Gasteiger partial charge on any atom is -0.433 e. The van der Waals surface area contributed by atoms with Gasteiger partial charge in [-0.2, -0.15) is 13.2 Å². The molecule has 0 spiro atoms. The van der Waals surface area contributed by atoms with Crippen molar-refractivity contribution in [1.82, 2.24) is 24.7 Å². The van der Waals surface area contributed by atoms with Crippen molar-refractivity contribution in [3.8, 4) is 11.4 Å². The summed E-state index contributed by atoms with van der Waals surface area (Å²) in [6.07, 6.45) is 0.727. The van der Waals surface area contributed by atoms with E-state index in [1.807, 2.05) is 30.7 Å². The number of aryl methyl sites for hydroxylation is 2. The van der Waals surface area contributed by atoms with Gasteiger partial charge < -0.3 is 14.3 Å². The van der Waals surface area contributed by atoms with Gasteiger partial charge in [-0.25, -0.2) is 4.98 Å². The zero-order valence-electron chi connectivity index (χ0n) is 19.4. The molecule has 1 N–H and O–H groups in total. The molecule has 0 saturated heterocycles. The van der Waals surface area contributed by atoms with Crippen LogP contribution in [0.2, 0.25) is 0 Å². The van der Waals surface area contributed by atoms with Gasteiger partial charge in [-0.15, -0.1) is 10.2 Å². The maximum atomic E-state index is 13.0. The van der Waals surface area contributed by atoms with Crippen LogP contribution in [0.25, 0.3) is 22.5 Å². The highest BCUT2D eigenvalue weighted by atomic mass is 32.2. The molecular weight excluding hydrogens is 477 g/mol. The predicted molar refractivity (Wildman–Crippen MR) is 128 cm³/mol. The first kappa shape index (κ1) is 23.7. The smallest absolute Gasteiger partial charge is 0.433 e. The number of aromatic nitrogens is 5. The summed E-state index contributed by atoms with van der Waals surface area (Å²) in [6.45, 7) is 2.74. The number of pyridine rings is 1. The van der Waals surface area contributed by atoms with Crippen LogP contribution in [0.5, 0.6) is 0 Å². The van der Waals surface area contributed by atoms with Gasteiger partial charge in [0.05, 0.1) is 0 Å². The predicted octanol–water partition coefficient (Wildman–Crippen LogP) is 5.89. The number of nitrogens with one attached hydrogen (secondary N) is 1. The summed E-state index contributed by atoms with van der Waals surface area (Å²) < 4.78 is 46.1. The normalized spacial score (nSPS) is 16.2. The first-order valence-electron chi connectivity index (χ1n) is 11.5. The molecule has 184 valence electrons. The quantitative estimate of drug-likeness (QED) is 0.260. The minimum absolute atomic E-state index is 0.178. The molecule has 1 aromatic carbocycles. The van der Waals surface area contributed by atoms with Gasteiger partial charge in [0, 0.05) is 48.1 Å². The van der Waals surface area contributed by atoms with E-state index in [0.29, 0.717) is 17.9 Å². The average Bonchev–Trinajstić information content (AvgIpc) is 3.36. The van der Waals surface area contributed by atoms with Gasteiger partial charge in [0.2, 0.25) is 0 Å². The van der Waals surface area contributed by atoms with Crippen LogP contribution >= 0.6 is 11.8 Å². The number of hydrogen-bond donors (Lipinski definition) is 1. The highest BCUT2D eigenvalue weighted by Crippen LogP contribution is 2.36. The van der Waals surface area contributed by atoms with Crippen LogP contribution in [-0.2, 0) is 19.6 Å². The summed E-state index contributed by atoms with van der Waals surface area (Å²) in [5, 5.41) is 13.0. The van der Waals surface area contributed by atoms with Gasteiger partial charge >= 0.3 is 12.1 Å². The lowest BCUT2D eigenvalue weighted by molar-refractivity contribution is -0.156. The standard InChI is InChI=1S/C24H25F3N6OS/c1-14-16(6-3-11-28-14)21-31-32-23(33(21)2)35-12-4-5-15-7-8-17-18(29-13-15)9-10-19-20(17)30-22(34-19)24(25,26)27/h3,6,9-11,15,29H,4-5,7-8,12-13H2,1-2H3. The summed E-state index contributed by atoms with van der Waals surface area (Å²) in [4.78, 5) is 8.09. The van der Waals surface area contributed by atoms with E-state index in [1.165, 1.54) is 0 Å². The number of hydrogen-bond acceptors (Lipinski definition) is 7. The van der Waals surface area contributed by atoms with Crippen molar-refractivity contribution in [2.45, 2.75) is 43.9 Å². The van der Waals surface area contributed by atoms with Crippen molar-refractivity contribution in [3.63, 3.8) is 0 Å². The number of benzene rings is 1. The molecule has 4 aromatic rings. The van der Waals surface area contributed by atoms with Crippen molar-refractivity contribution < 1.29 is 17.6 Å². The monoisotopic (exact) mass is 502 g/mol. The largest absolute Gasteiger partial charge is 0.468 e. The van der Waals surface area contributed by atoms with Crippen LogP contribution in [0, 0.1) is 12.8 Å². The molecular formula is C24H25F3N6OS. The van der Waals surface area contributed by atoms with Crippen molar-refractivity contribution in [2.24, 2.45) is 13.0 Å². The number of halogens is 3. The van der Waals surface area contributed by atoms with E-state index in [9.17, 15) is 13.2 Å². The number of thioether (sulfide) groups is 1. The summed E-state index contributed by atoms with van der Waals surface area (Å²) in [6, 6.07) is 7.24. The third-order valence-electron chi connectivity index (χ3n) is 6.36. The Labute approximate surface area is 204 Å². The number of anilines is 1. The van der Waals surface area contributed by atoms with Crippen molar-refractivity contribution in [2.75, 3.05) is 17.6 Å². The molecule has 35 heavy (non-hydrogen) atoms. The molecule has 3 aromatic heterocycles. The fourth-order valence-corrected chi connectivity index (χ4v) is 5.34. The molecule has 0 bridgehead atoms. The van der Waals surface area contributed by atoms with Gasteiger partial charge in [-0.3, -0.25) is 4.98 Å². The lowest BCUT2D eigenvalue weighted by atomic mass is 9.96. The zero-order valence-corrected chi connectivity index (χ0v) is 20.2. The summed E-state index contributed by atoms with van der Waals surface area (Å²) in [5.41, 5.74) is 4.02. The Bertz CT molecular complexity index is 1350. The lowest BCUT2D eigenvalue weighted by Crippen LogP contribution is -2.12. The SMILES string of the molecule is Cc1ncccc1-c1nnc(SCCCC2CCc3c(ccc4oc(C(F)(F)F)nc34)NC2)n1C. The van der Waals surface area contributed by atoms with E-state index in [0.717, 1.165) is 65.0 Å². The van der Waals surface area contributed by atoms with Gasteiger partial charge in [0.1, 0.15) is 5.52 Å². The number of rotatable bonds is 6. The van der Waals surface area contributed by atoms with E-state index in [4.69, 9.17) is 4.42 Å². The Morgan fingerprint density at radius 2 is 2.09 bits per heavy atom. The highest BCUT2D eigenvalue weighted by molar-refractivity contribution is 7.99. The molecule has 0 saturated carbocycles. The molecule has 1 atom stereocenters. The Morgan fingerprint density at radius 1 is 1.23 bits per heavy atom. The second kappa shape index (κ2) is 9.52. The molecule has 7 nitrogen and oxygen atoms in total. The number of oxazole rings is 1. The highest BCUT2D eigenvalue weighted by Gasteiger charge is 2.38. The Kier molecular flexibility index (Phi) is 6.43.